The van der Waals surface area contributed by atoms with E-state index < -0.39 is 6.10 Å². The van der Waals surface area contributed by atoms with Gasteiger partial charge < -0.3 is 14.8 Å². The topological polar surface area (TPSA) is 47.6 Å². The second-order valence-corrected chi connectivity index (χ2v) is 7.22. The monoisotopic (exact) mass is 383 g/mol. The van der Waals surface area contributed by atoms with Crippen molar-refractivity contribution in [3.63, 3.8) is 0 Å². The van der Waals surface area contributed by atoms with E-state index in [4.69, 9.17) is 9.47 Å². The van der Waals surface area contributed by atoms with Crippen molar-refractivity contribution in [3.05, 3.63) is 59.7 Å². The van der Waals surface area contributed by atoms with E-state index in [1.165, 1.54) is 11.1 Å². The van der Waals surface area contributed by atoms with E-state index in [1.54, 1.807) is 0 Å². The fraction of sp³-hybridized carbons (Fsp3) is 0.458. The van der Waals surface area contributed by atoms with Crippen molar-refractivity contribution in [3.8, 4) is 11.5 Å². The van der Waals surface area contributed by atoms with Crippen LogP contribution in [0, 0.1) is 0 Å². The number of nitrogens with one attached hydrogen (secondary N) is 1. The lowest BCUT2D eigenvalue weighted by molar-refractivity contribution is -0.128. The third kappa shape index (κ3) is 7.26. The molecule has 0 fully saturated rings. The van der Waals surface area contributed by atoms with Crippen LogP contribution in [-0.4, -0.2) is 24.7 Å². The van der Waals surface area contributed by atoms with Crippen molar-refractivity contribution in [1.82, 2.24) is 5.32 Å². The molecule has 2 rings (SSSR count). The largest absolute Gasteiger partial charge is 0.491 e. The number of benzene rings is 2. The summed E-state index contributed by atoms with van der Waals surface area (Å²) in [5.41, 5.74) is 2.50. The molecular formula is C24H33NO3. The first-order chi connectivity index (χ1) is 13.5. The molecule has 1 amide bonds. The van der Waals surface area contributed by atoms with E-state index >= 15 is 0 Å². The van der Waals surface area contributed by atoms with Crippen LogP contribution < -0.4 is 14.8 Å². The second-order valence-electron chi connectivity index (χ2n) is 7.22. The summed E-state index contributed by atoms with van der Waals surface area (Å²) < 4.78 is 11.5. The number of aryl methyl sites for hydroxylation is 2. The molecule has 0 bridgehead atoms. The van der Waals surface area contributed by atoms with Gasteiger partial charge in [0.1, 0.15) is 11.5 Å². The predicted octanol–water partition coefficient (Wildman–Crippen LogP) is 4.94. The lowest BCUT2D eigenvalue weighted by Gasteiger charge is -2.17. The van der Waals surface area contributed by atoms with Gasteiger partial charge in [-0.2, -0.15) is 0 Å². The van der Waals surface area contributed by atoms with E-state index in [0.29, 0.717) is 13.0 Å². The summed E-state index contributed by atoms with van der Waals surface area (Å²) in [7, 11) is 0. The lowest BCUT2D eigenvalue weighted by Crippen LogP contribution is -2.38. The Hall–Kier alpha value is -2.49. The van der Waals surface area contributed by atoms with Gasteiger partial charge in [0.15, 0.2) is 6.10 Å². The molecule has 0 aliphatic rings. The van der Waals surface area contributed by atoms with E-state index in [1.807, 2.05) is 57.2 Å². The molecule has 0 spiro atoms. The smallest absolute Gasteiger partial charge is 0.261 e. The summed E-state index contributed by atoms with van der Waals surface area (Å²) in [5.74, 6) is 1.58. The van der Waals surface area contributed by atoms with Crippen LogP contribution in [0.25, 0.3) is 0 Å². The fourth-order valence-corrected chi connectivity index (χ4v) is 2.92. The van der Waals surface area contributed by atoms with Crippen molar-refractivity contribution in [2.24, 2.45) is 0 Å². The Kier molecular flexibility index (Phi) is 8.86. The van der Waals surface area contributed by atoms with Gasteiger partial charge >= 0.3 is 0 Å². The number of rotatable bonds is 11. The number of ether oxygens (including phenoxy) is 2. The maximum atomic E-state index is 12.4. The van der Waals surface area contributed by atoms with Crippen LogP contribution in [0.4, 0.5) is 0 Å². The molecule has 4 heteroatoms. The van der Waals surface area contributed by atoms with E-state index in [2.05, 4.69) is 24.4 Å². The Bertz CT molecular complexity index is 708. The van der Waals surface area contributed by atoms with Gasteiger partial charge in [0, 0.05) is 6.54 Å². The van der Waals surface area contributed by atoms with Crippen LogP contribution in [0.3, 0.4) is 0 Å². The normalized spacial score (nSPS) is 11.9. The highest BCUT2D eigenvalue weighted by atomic mass is 16.5. The predicted molar refractivity (Wildman–Crippen MR) is 114 cm³/mol. The first kappa shape index (κ1) is 21.8. The van der Waals surface area contributed by atoms with Crippen LogP contribution >= 0.6 is 0 Å². The van der Waals surface area contributed by atoms with Gasteiger partial charge in [-0.05, 0) is 74.9 Å². The summed E-state index contributed by atoms with van der Waals surface area (Å²) in [5, 5.41) is 3.00. The lowest BCUT2D eigenvalue weighted by atomic mass is 10.1. The summed E-state index contributed by atoms with van der Waals surface area (Å²) in [6, 6.07) is 16.1. The van der Waals surface area contributed by atoms with Gasteiger partial charge in [-0.3, -0.25) is 4.79 Å². The molecule has 0 radical (unpaired) electrons. The molecule has 0 aliphatic heterocycles. The summed E-state index contributed by atoms with van der Waals surface area (Å²) >= 11 is 0. The number of hydrogen-bond acceptors (Lipinski definition) is 3. The van der Waals surface area contributed by atoms with Gasteiger partial charge in [-0.15, -0.1) is 0 Å². The van der Waals surface area contributed by atoms with Crippen LogP contribution in [0.2, 0.25) is 0 Å². The average Bonchev–Trinajstić information content (AvgIpc) is 2.70. The van der Waals surface area contributed by atoms with E-state index in [-0.39, 0.29) is 12.0 Å². The molecule has 28 heavy (non-hydrogen) atoms. The van der Waals surface area contributed by atoms with Gasteiger partial charge in [-0.1, -0.05) is 38.1 Å². The summed E-state index contributed by atoms with van der Waals surface area (Å²) in [6.07, 6.45) is 3.15. The van der Waals surface area contributed by atoms with Crippen LogP contribution in [-0.2, 0) is 17.6 Å². The van der Waals surface area contributed by atoms with Gasteiger partial charge in [0.2, 0.25) is 0 Å². The Morgan fingerprint density at radius 2 is 1.46 bits per heavy atom. The van der Waals surface area contributed by atoms with Gasteiger partial charge in [0.05, 0.1) is 6.10 Å². The maximum Gasteiger partial charge on any atom is 0.261 e. The van der Waals surface area contributed by atoms with Gasteiger partial charge in [0.25, 0.3) is 5.91 Å². The number of hydrogen-bond donors (Lipinski definition) is 1. The third-order valence-electron chi connectivity index (χ3n) is 4.51. The zero-order chi connectivity index (χ0) is 20.4. The molecule has 1 N–H and O–H groups in total. The Morgan fingerprint density at radius 3 is 2.00 bits per heavy atom. The highest BCUT2D eigenvalue weighted by Crippen LogP contribution is 2.16. The highest BCUT2D eigenvalue weighted by Gasteiger charge is 2.17. The molecule has 1 atom stereocenters. The first-order valence-electron chi connectivity index (χ1n) is 10.3. The molecular weight excluding hydrogens is 350 g/mol. The Balaban J connectivity index is 1.73. The molecule has 0 heterocycles. The zero-order valence-electron chi connectivity index (χ0n) is 17.5. The van der Waals surface area contributed by atoms with Crippen molar-refractivity contribution < 1.29 is 14.3 Å². The molecule has 0 saturated carbocycles. The third-order valence-corrected chi connectivity index (χ3v) is 4.51. The average molecular weight is 384 g/mol. The number of carbonyl (C=O) groups is 1. The fourth-order valence-electron chi connectivity index (χ4n) is 2.92. The van der Waals surface area contributed by atoms with Crippen molar-refractivity contribution >= 4 is 5.91 Å². The minimum absolute atomic E-state index is 0.0530. The summed E-state index contributed by atoms with van der Waals surface area (Å²) in [6.45, 7) is 8.75. The van der Waals surface area contributed by atoms with Crippen molar-refractivity contribution in [1.29, 1.82) is 0 Å². The number of amides is 1. The Morgan fingerprint density at radius 1 is 0.893 bits per heavy atom. The molecule has 0 unspecified atom stereocenters. The number of carbonyl (C=O) groups excluding carboxylic acids is 1. The first-order valence-corrected chi connectivity index (χ1v) is 10.3. The second kappa shape index (κ2) is 11.4. The van der Waals surface area contributed by atoms with Crippen molar-refractivity contribution in [2.75, 3.05) is 6.54 Å². The summed E-state index contributed by atoms with van der Waals surface area (Å²) in [4.78, 5) is 12.4. The molecule has 0 saturated heterocycles. The van der Waals surface area contributed by atoms with E-state index in [0.717, 1.165) is 30.8 Å². The molecule has 0 aromatic heterocycles. The Labute approximate surface area is 169 Å². The minimum Gasteiger partial charge on any atom is -0.491 e. The SMILES string of the molecule is CCc1ccc(O[C@@H](CC)C(=O)NCCCc2ccc(OC(C)C)cc2)cc1. The molecule has 2 aromatic rings. The molecule has 152 valence electrons. The van der Waals surface area contributed by atoms with Crippen LogP contribution in [0.1, 0.15) is 51.7 Å². The standard InChI is InChI=1S/C24H33NO3/c1-5-19-9-13-22(14-10-19)28-23(6-2)24(26)25-17-7-8-20-11-15-21(16-12-20)27-18(3)4/h9-16,18,23H,5-8,17H2,1-4H3,(H,25,26)/t23-/m0/s1. The molecule has 4 nitrogen and oxygen atoms in total. The van der Waals surface area contributed by atoms with Crippen LogP contribution in [0.5, 0.6) is 11.5 Å². The quantitative estimate of drug-likeness (QED) is 0.559. The zero-order valence-corrected chi connectivity index (χ0v) is 17.5. The highest BCUT2D eigenvalue weighted by molar-refractivity contribution is 5.81. The molecule has 0 aliphatic carbocycles. The van der Waals surface area contributed by atoms with Crippen LogP contribution in [0.15, 0.2) is 48.5 Å². The van der Waals surface area contributed by atoms with Crippen molar-refractivity contribution in [2.45, 2.75) is 65.6 Å². The van der Waals surface area contributed by atoms with E-state index in [9.17, 15) is 4.79 Å². The maximum absolute atomic E-state index is 12.4. The molecule has 2 aromatic carbocycles. The van der Waals surface area contributed by atoms with Gasteiger partial charge in [-0.25, -0.2) is 0 Å². The minimum atomic E-state index is -0.458.